The lowest BCUT2D eigenvalue weighted by atomic mass is 10.2. The predicted molar refractivity (Wildman–Crippen MR) is 56.7 cm³/mol. The van der Waals surface area contributed by atoms with Crippen molar-refractivity contribution in [1.29, 1.82) is 0 Å². The first-order chi connectivity index (χ1) is 8.06. The minimum absolute atomic E-state index is 0.129. The first-order valence-corrected chi connectivity index (χ1v) is 4.99. The summed E-state index contributed by atoms with van der Waals surface area (Å²) in [4.78, 5) is 16.2. The Labute approximate surface area is 101 Å². The van der Waals surface area contributed by atoms with E-state index in [1.54, 1.807) is 0 Å². The zero-order valence-corrected chi connectivity index (χ0v) is 9.68. The van der Waals surface area contributed by atoms with Crippen LogP contribution in [0.5, 0.6) is 0 Å². The number of nitrogens with one attached hydrogen (secondary N) is 1. The molecule has 0 heterocycles. The Hall–Kier alpha value is -1.24. The third-order valence-corrected chi connectivity index (χ3v) is 2.12. The molecular formula is C10H10ClF2NO3. The summed E-state index contributed by atoms with van der Waals surface area (Å²) in [6.45, 7) is 0.412. The molecule has 0 aliphatic rings. The summed E-state index contributed by atoms with van der Waals surface area (Å²) in [5, 5.41) is -0.197. The fourth-order valence-corrected chi connectivity index (χ4v) is 1.23. The van der Waals surface area contributed by atoms with E-state index in [4.69, 9.17) is 16.4 Å². The van der Waals surface area contributed by atoms with Crippen LogP contribution in [0.2, 0.25) is 5.02 Å². The molecule has 0 radical (unpaired) electrons. The Bertz CT molecular complexity index is 415. The van der Waals surface area contributed by atoms with Crippen molar-refractivity contribution in [3.8, 4) is 0 Å². The second-order valence-electron chi connectivity index (χ2n) is 3.02. The van der Waals surface area contributed by atoms with Crippen LogP contribution in [0.3, 0.4) is 0 Å². The summed E-state index contributed by atoms with van der Waals surface area (Å²) in [5.41, 5.74) is 1.82. The summed E-state index contributed by atoms with van der Waals surface area (Å²) in [5.74, 6) is -3.03. The van der Waals surface area contributed by atoms with Crippen molar-refractivity contribution in [2.24, 2.45) is 0 Å². The van der Waals surface area contributed by atoms with Gasteiger partial charge in [-0.3, -0.25) is 9.63 Å². The van der Waals surface area contributed by atoms with Crippen LogP contribution >= 0.6 is 11.6 Å². The van der Waals surface area contributed by atoms with Crippen LogP contribution in [-0.2, 0) is 9.57 Å². The molecular weight excluding hydrogens is 256 g/mol. The number of benzene rings is 1. The second kappa shape index (κ2) is 6.48. The van der Waals surface area contributed by atoms with Crippen molar-refractivity contribution in [1.82, 2.24) is 5.48 Å². The number of hydroxylamine groups is 1. The molecule has 0 fully saturated rings. The smallest absolute Gasteiger partial charge is 0.276 e. The van der Waals surface area contributed by atoms with Crippen LogP contribution < -0.4 is 5.48 Å². The Morgan fingerprint density at radius 3 is 2.65 bits per heavy atom. The largest absolute Gasteiger partial charge is 0.382 e. The third kappa shape index (κ3) is 3.92. The molecule has 0 bridgehead atoms. The zero-order valence-electron chi connectivity index (χ0n) is 8.93. The van der Waals surface area contributed by atoms with E-state index in [2.05, 4.69) is 4.74 Å². The van der Waals surface area contributed by atoms with E-state index >= 15 is 0 Å². The van der Waals surface area contributed by atoms with Crippen LogP contribution in [0.1, 0.15) is 10.4 Å². The molecule has 0 unspecified atom stereocenters. The third-order valence-electron chi connectivity index (χ3n) is 1.81. The molecule has 1 rings (SSSR count). The molecule has 1 aromatic carbocycles. The van der Waals surface area contributed by atoms with Crippen molar-refractivity contribution >= 4 is 17.5 Å². The van der Waals surface area contributed by atoms with Gasteiger partial charge in [0.25, 0.3) is 5.91 Å². The lowest BCUT2D eigenvalue weighted by Gasteiger charge is -2.07. The average Bonchev–Trinajstić information content (AvgIpc) is 2.29. The first kappa shape index (κ1) is 13.8. The number of hydrogen-bond donors (Lipinski definition) is 1. The maximum atomic E-state index is 12.9. The predicted octanol–water partition coefficient (Wildman–Crippen LogP) is 1.93. The van der Waals surface area contributed by atoms with Crippen molar-refractivity contribution in [3.05, 3.63) is 34.4 Å². The quantitative estimate of drug-likeness (QED) is 0.503. The van der Waals surface area contributed by atoms with E-state index in [0.29, 0.717) is 6.07 Å². The Balaban J connectivity index is 2.66. The zero-order chi connectivity index (χ0) is 12.8. The van der Waals surface area contributed by atoms with Crippen LogP contribution in [0.15, 0.2) is 12.1 Å². The highest BCUT2D eigenvalue weighted by Crippen LogP contribution is 2.19. The molecule has 0 saturated carbocycles. The highest BCUT2D eigenvalue weighted by atomic mass is 35.5. The lowest BCUT2D eigenvalue weighted by molar-refractivity contribution is 0.00887. The topological polar surface area (TPSA) is 47.6 Å². The van der Waals surface area contributed by atoms with Gasteiger partial charge in [0, 0.05) is 7.11 Å². The summed E-state index contributed by atoms with van der Waals surface area (Å²) in [7, 11) is 1.47. The van der Waals surface area contributed by atoms with Crippen LogP contribution in [-0.4, -0.2) is 26.2 Å². The molecule has 0 saturated heterocycles. The van der Waals surface area contributed by atoms with Gasteiger partial charge in [-0.25, -0.2) is 14.3 Å². The summed E-state index contributed by atoms with van der Waals surface area (Å²) < 4.78 is 30.3. The molecule has 1 N–H and O–H groups in total. The summed E-state index contributed by atoms with van der Waals surface area (Å²) in [6, 6.07) is 1.42. The molecule has 4 nitrogen and oxygen atoms in total. The number of hydrogen-bond acceptors (Lipinski definition) is 3. The Morgan fingerprint density at radius 1 is 1.35 bits per heavy atom. The standard InChI is InChI=1S/C10H10ClF2NO3/c1-16-2-3-17-14-10(15)6-4-8(12)9(13)5-7(6)11/h4-5H,2-3H2,1H3,(H,14,15). The van der Waals surface area contributed by atoms with Gasteiger partial charge >= 0.3 is 0 Å². The number of carbonyl (C=O) groups is 1. The van der Waals surface area contributed by atoms with Gasteiger partial charge in [-0.1, -0.05) is 11.6 Å². The van der Waals surface area contributed by atoms with Gasteiger partial charge in [0.05, 0.1) is 23.8 Å². The lowest BCUT2D eigenvalue weighted by Crippen LogP contribution is -2.25. The highest BCUT2D eigenvalue weighted by Gasteiger charge is 2.14. The minimum atomic E-state index is -1.16. The highest BCUT2D eigenvalue weighted by molar-refractivity contribution is 6.33. The van der Waals surface area contributed by atoms with Crippen molar-refractivity contribution < 1.29 is 23.1 Å². The maximum Gasteiger partial charge on any atom is 0.276 e. The summed E-state index contributed by atoms with van der Waals surface area (Å²) >= 11 is 5.59. The van der Waals surface area contributed by atoms with Crippen LogP contribution in [0.4, 0.5) is 8.78 Å². The number of carbonyl (C=O) groups excluding carboxylic acids is 1. The van der Waals surface area contributed by atoms with E-state index in [1.807, 2.05) is 5.48 Å². The molecule has 1 amide bonds. The molecule has 0 aliphatic heterocycles. The number of methoxy groups -OCH3 is 1. The monoisotopic (exact) mass is 265 g/mol. The van der Waals surface area contributed by atoms with Gasteiger partial charge in [0.1, 0.15) is 0 Å². The Kier molecular flexibility index (Phi) is 5.27. The van der Waals surface area contributed by atoms with Crippen molar-refractivity contribution in [2.75, 3.05) is 20.3 Å². The van der Waals surface area contributed by atoms with E-state index in [-0.39, 0.29) is 23.8 Å². The van der Waals surface area contributed by atoms with Gasteiger partial charge in [0.2, 0.25) is 0 Å². The molecule has 0 aliphatic carbocycles. The number of rotatable bonds is 5. The van der Waals surface area contributed by atoms with Crippen LogP contribution in [0, 0.1) is 11.6 Å². The number of amides is 1. The molecule has 0 aromatic heterocycles. The van der Waals surface area contributed by atoms with Gasteiger partial charge in [-0.05, 0) is 12.1 Å². The van der Waals surface area contributed by atoms with Gasteiger partial charge in [-0.2, -0.15) is 0 Å². The fourth-order valence-electron chi connectivity index (χ4n) is 0.993. The molecule has 0 atom stereocenters. The maximum absolute atomic E-state index is 12.9. The van der Waals surface area contributed by atoms with E-state index in [9.17, 15) is 13.6 Å². The molecule has 0 spiro atoms. The Morgan fingerprint density at radius 2 is 2.00 bits per heavy atom. The van der Waals surface area contributed by atoms with E-state index in [1.165, 1.54) is 7.11 Å². The van der Waals surface area contributed by atoms with Crippen LogP contribution in [0.25, 0.3) is 0 Å². The van der Waals surface area contributed by atoms with Gasteiger partial charge in [-0.15, -0.1) is 0 Å². The average molecular weight is 266 g/mol. The molecule has 17 heavy (non-hydrogen) atoms. The number of halogens is 3. The van der Waals surface area contributed by atoms with E-state index in [0.717, 1.165) is 6.07 Å². The molecule has 94 valence electrons. The van der Waals surface area contributed by atoms with Gasteiger partial charge in [0.15, 0.2) is 11.6 Å². The second-order valence-corrected chi connectivity index (χ2v) is 3.43. The molecule has 1 aromatic rings. The van der Waals surface area contributed by atoms with E-state index < -0.39 is 17.5 Å². The summed E-state index contributed by atoms with van der Waals surface area (Å²) in [6.07, 6.45) is 0. The number of ether oxygens (including phenoxy) is 1. The normalized spacial score (nSPS) is 10.4. The molecule has 7 heteroatoms. The van der Waals surface area contributed by atoms with Crippen molar-refractivity contribution in [3.63, 3.8) is 0 Å². The minimum Gasteiger partial charge on any atom is -0.382 e. The fraction of sp³-hybridized carbons (Fsp3) is 0.300. The SMILES string of the molecule is COCCONC(=O)c1cc(F)c(F)cc1Cl. The van der Waals surface area contributed by atoms with Gasteiger partial charge < -0.3 is 4.74 Å². The van der Waals surface area contributed by atoms with Crippen molar-refractivity contribution in [2.45, 2.75) is 0 Å². The first-order valence-electron chi connectivity index (χ1n) is 4.62.